The summed E-state index contributed by atoms with van der Waals surface area (Å²) in [6.45, 7) is 7.32. The van der Waals surface area contributed by atoms with Crippen LogP contribution in [0.5, 0.6) is 0 Å². The van der Waals surface area contributed by atoms with Crippen LogP contribution in [0.1, 0.15) is 149 Å². The van der Waals surface area contributed by atoms with Crippen molar-refractivity contribution in [1.82, 2.24) is 10.2 Å². The van der Waals surface area contributed by atoms with Crippen LogP contribution in [0.4, 0.5) is 0 Å². The number of unbranched alkanes of at least 4 members (excludes halogenated alkanes) is 18. The van der Waals surface area contributed by atoms with Gasteiger partial charge in [0.15, 0.2) is 0 Å². The molecular weight excluding hydrogens is 434 g/mol. The molecule has 0 aliphatic heterocycles. The highest BCUT2D eigenvalue weighted by atomic mass is 16.3. The smallest absolute Gasteiger partial charge is 0.234 e. The van der Waals surface area contributed by atoms with Crippen LogP contribution in [0.15, 0.2) is 0 Å². The third kappa shape index (κ3) is 26.2. The summed E-state index contributed by atoms with van der Waals surface area (Å²) in [5.74, 6) is 0.0560. The van der Waals surface area contributed by atoms with Gasteiger partial charge in [0.1, 0.15) is 0 Å². The van der Waals surface area contributed by atoms with Gasteiger partial charge in [-0.2, -0.15) is 0 Å². The number of amides is 1. The third-order valence-electron chi connectivity index (χ3n) is 7.02. The van der Waals surface area contributed by atoms with Gasteiger partial charge < -0.3 is 16.2 Å². The Morgan fingerprint density at radius 2 is 1.14 bits per heavy atom. The van der Waals surface area contributed by atoms with E-state index in [0.717, 1.165) is 25.8 Å². The zero-order valence-corrected chi connectivity index (χ0v) is 23.8. The van der Waals surface area contributed by atoms with Gasteiger partial charge in [0.05, 0.1) is 12.6 Å². The number of aliphatic hydroxyl groups excluding tert-OH is 1. The number of carbonyl (C=O) groups is 1. The maximum atomic E-state index is 12.3. The molecule has 35 heavy (non-hydrogen) atoms. The first kappa shape index (κ1) is 34.4. The quantitative estimate of drug-likeness (QED) is 0.102. The van der Waals surface area contributed by atoms with E-state index >= 15 is 0 Å². The minimum atomic E-state index is -0.370. The molecule has 210 valence electrons. The summed E-state index contributed by atoms with van der Waals surface area (Å²) < 4.78 is 0. The zero-order valence-electron chi connectivity index (χ0n) is 23.8. The fraction of sp³-hybridized carbons (Fsp3) is 0.967. The predicted octanol–water partition coefficient (Wildman–Crippen LogP) is 6.96. The average molecular weight is 498 g/mol. The summed E-state index contributed by atoms with van der Waals surface area (Å²) in [4.78, 5) is 14.3. The lowest BCUT2D eigenvalue weighted by Gasteiger charge is -2.24. The maximum absolute atomic E-state index is 12.3. The summed E-state index contributed by atoms with van der Waals surface area (Å²) in [5.41, 5.74) is 5.75. The molecule has 5 heteroatoms. The van der Waals surface area contributed by atoms with Crippen molar-refractivity contribution >= 4 is 5.91 Å². The van der Waals surface area contributed by atoms with E-state index < -0.39 is 0 Å². The predicted molar refractivity (Wildman–Crippen MR) is 153 cm³/mol. The molecular formula is C30H63N3O2. The Balaban J connectivity index is 3.71. The molecule has 0 aromatic rings. The molecule has 0 aromatic heterocycles. The average Bonchev–Trinajstić information content (AvgIpc) is 2.83. The first-order chi connectivity index (χ1) is 17.1. The van der Waals surface area contributed by atoms with E-state index in [9.17, 15) is 9.90 Å². The lowest BCUT2D eigenvalue weighted by atomic mass is 10.0. The van der Waals surface area contributed by atoms with Gasteiger partial charge in [-0.25, -0.2) is 0 Å². The number of nitrogens with two attached hydrogens (primary N) is 1. The Morgan fingerprint density at radius 1 is 0.714 bits per heavy atom. The number of rotatable bonds is 28. The van der Waals surface area contributed by atoms with E-state index in [1.165, 1.54) is 116 Å². The molecule has 5 nitrogen and oxygen atoms in total. The number of carbonyl (C=O) groups excluding carboxylic acids is 1. The molecule has 1 unspecified atom stereocenters. The van der Waals surface area contributed by atoms with Crippen LogP contribution in [0.25, 0.3) is 0 Å². The molecule has 4 N–H and O–H groups in total. The van der Waals surface area contributed by atoms with Crippen LogP contribution >= 0.6 is 0 Å². The molecule has 0 aliphatic rings. The van der Waals surface area contributed by atoms with Crippen molar-refractivity contribution in [1.29, 1.82) is 0 Å². The molecule has 0 fully saturated rings. The van der Waals surface area contributed by atoms with Crippen molar-refractivity contribution < 1.29 is 9.90 Å². The van der Waals surface area contributed by atoms with Crippen molar-refractivity contribution in [3.8, 4) is 0 Å². The summed E-state index contributed by atoms with van der Waals surface area (Å²) in [6, 6.07) is 0. The maximum Gasteiger partial charge on any atom is 0.234 e. The molecule has 0 spiro atoms. The molecule has 1 amide bonds. The van der Waals surface area contributed by atoms with Gasteiger partial charge in [-0.3, -0.25) is 9.69 Å². The van der Waals surface area contributed by atoms with Crippen molar-refractivity contribution in [3.05, 3.63) is 0 Å². The highest BCUT2D eigenvalue weighted by Crippen LogP contribution is 2.13. The highest BCUT2D eigenvalue weighted by molar-refractivity contribution is 5.77. The lowest BCUT2D eigenvalue weighted by Crippen LogP contribution is -2.43. The monoisotopic (exact) mass is 497 g/mol. The number of aliphatic hydroxyl groups is 1. The largest absolute Gasteiger partial charge is 0.392 e. The molecule has 0 aromatic carbocycles. The second-order valence-electron chi connectivity index (χ2n) is 10.7. The Labute approximate surface area is 219 Å². The second-order valence-corrected chi connectivity index (χ2v) is 10.7. The fourth-order valence-electron chi connectivity index (χ4n) is 4.77. The van der Waals surface area contributed by atoms with E-state index in [1.54, 1.807) is 0 Å². The van der Waals surface area contributed by atoms with Crippen molar-refractivity contribution in [2.75, 3.05) is 32.7 Å². The Hall–Kier alpha value is -0.650. The van der Waals surface area contributed by atoms with Gasteiger partial charge in [0, 0.05) is 26.2 Å². The lowest BCUT2D eigenvalue weighted by molar-refractivity contribution is -0.122. The SMILES string of the molecule is CCCCCCCCCCCCNC(=O)CN(CCN)CC(O)CCCCCCCCCCCC. The number of nitrogens with one attached hydrogen (secondary N) is 1. The topological polar surface area (TPSA) is 78.6 Å². The van der Waals surface area contributed by atoms with Crippen LogP contribution in [0.3, 0.4) is 0 Å². The summed E-state index contributed by atoms with van der Waals surface area (Å²) in [6.07, 6.45) is 26.5. The Bertz CT molecular complexity index is 434. The standard InChI is InChI=1S/C30H63N3O2/c1-3-5-7-9-11-13-15-17-19-21-23-29(34)27-33(26-24-31)28-30(35)32-25-22-20-18-16-14-12-10-8-6-4-2/h29,34H,3-28,31H2,1-2H3,(H,32,35). The molecule has 0 aliphatic carbocycles. The van der Waals surface area contributed by atoms with E-state index in [-0.39, 0.29) is 12.0 Å². The zero-order chi connectivity index (χ0) is 25.8. The van der Waals surface area contributed by atoms with Crippen LogP contribution in [0, 0.1) is 0 Å². The second kappa shape index (κ2) is 27.9. The fourth-order valence-corrected chi connectivity index (χ4v) is 4.77. The van der Waals surface area contributed by atoms with Gasteiger partial charge in [0.25, 0.3) is 0 Å². The number of hydrogen-bond donors (Lipinski definition) is 3. The van der Waals surface area contributed by atoms with Gasteiger partial charge in [-0.05, 0) is 12.8 Å². The first-order valence-corrected chi connectivity index (χ1v) is 15.5. The van der Waals surface area contributed by atoms with Crippen molar-refractivity contribution in [2.45, 2.75) is 155 Å². The normalized spacial score (nSPS) is 12.4. The summed E-state index contributed by atoms with van der Waals surface area (Å²) in [7, 11) is 0. The van der Waals surface area contributed by atoms with Crippen LogP contribution in [-0.4, -0.2) is 54.7 Å². The van der Waals surface area contributed by atoms with E-state index in [4.69, 9.17) is 5.73 Å². The number of hydrogen-bond acceptors (Lipinski definition) is 4. The first-order valence-electron chi connectivity index (χ1n) is 15.5. The molecule has 1 atom stereocenters. The van der Waals surface area contributed by atoms with Crippen LogP contribution in [-0.2, 0) is 4.79 Å². The van der Waals surface area contributed by atoms with E-state index in [0.29, 0.717) is 26.2 Å². The van der Waals surface area contributed by atoms with E-state index in [2.05, 4.69) is 19.2 Å². The summed E-state index contributed by atoms with van der Waals surface area (Å²) >= 11 is 0. The van der Waals surface area contributed by atoms with Gasteiger partial charge in [0.2, 0.25) is 5.91 Å². The minimum absolute atomic E-state index is 0.0560. The van der Waals surface area contributed by atoms with E-state index in [1.807, 2.05) is 4.90 Å². The number of nitrogens with zero attached hydrogens (tertiary/aromatic N) is 1. The Morgan fingerprint density at radius 3 is 1.60 bits per heavy atom. The van der Waals surface area contributed by atoms with Crippen LogP contribution in [0.2, 0.25) is 0 Å². The van der Waals surface area contributed by atoms with Crippen LogP contribution < -0.4 is 11.1 Å². The Kier molecular flexibility index (Phi) is 27.4. The van der Waals surface area contributed by atoms with Gasteiger partial charge in [-0.15, -0.1) is 0 Å². The highest BCUT2D eigenvalue weighted by Gasteiger charge is 2.14. The molecule has 0 rings (SSSR count). The summed E-state index contributed by atoms with van der Waals surface area (Å²) in [5, 5.41) is 13.5. The van der Waals surface area contributed by atoms with Gasteiger partial charge in [-0.1, -0.05) is 136 Å². The molecule has 0 heterocycles. The molecule has 0 radical (unpaired) electrons. The minimum Gasteiger partial charge on any atom is -0.392 e. The molecule has 0 saturated carbocycles. The third-order valence-corrected chi connectivity index (χ3v) is 7.02. The van der Waals surface area contributed by atoms with Crippen molar-refractivity contribution in [2.24, 2.45) is 5.73 Å². The van der Waals surface area contributed by atoms with Gasteiger partial charge >= 0.3 is 0 Å². The molecule has 0 saturated heterocycles. The molecule has 0 bridgehead atoms. The van der Waals surface area contributed by atoms with Crippen molar-refractivity contribution in [3.63, 3.8) is 0 Å².